The SMILES string of the molecule is CC[C@H]1CCc2sc(C(=O)Nc3ccc(C(=O)NC)cc3)cc2C1. The van der Waals surface area contributed by atoms with Crippen molar-refractivity contribution >= 4 is 28.8 Å². The number of fused-ring (bicyclic) bond motifs is 1. The van der Waals surface area contributed by atoms with E-state index in [1.165, 1.54) is 23.3 Å². The Labute approximate surface area is 146 Å². The van der Waals surface area contributed by atoms with Gasteiger partial charge in [-0.2, -0.15) is 0 Å². The maximum atomic E-state index is 12.5. The number of aryl methyl sites for hydroxylation is 1. The van der Waals surface area contributed by atoms with Gasteiger partial charge in [-0.25, -0.2) is 0 Å². The fraction of sp³-hybridized carbons (Fsp3) is 0.368. The number of anilines is 1. The molecule has 1 atom stereocenters. The van der Waals surface area contributed by atoms with Gasteiger partial charge in [0, 0.05) is 23.2 Å². The number of thiophene rings is 1. The number of benzene rings is 1. The van der Waals surface area contributed by atoms with Crippen LogP contribution in [-0.4, -0.2) is 18.9 Å². The molecule has 126 valence electrons. The van der Waals surface area contributed by atoms with Gasteiger partial charge in [0.2, 0.25) is 0 Å². The molecule has 0 saturated heterocycles. The Hall–Kier alpha value is -2.14. The summed E-state index contributed by atoms with van der Waals surface area (Å²) in [5.41, 5.74) is 2.62. The molecular weight excluding hydrogens is 320 g/mol. The van der Waals surface area contributed by atoms with Crippen LogP contribution in [0.5, 0.6) is 0 Å². The van der Waals surface area contributed by atoms with Crippen molar-refractivity contribution in [1.82, 2.24) is 5.32 Å². The lowest BCUT2D eigenvalue weighted by Gasteiger charge is -2.19. The first-order valence-corrected chi connectivity index (χ1v) is 9.17. The van der Waals surface area contributed by atoms with E-state index >= 15 is 0 Å². The Kier molecular flexibility index (Phi) is 5.00. The molecule has 24 heavy (non-hydrogen) atoms. The summed E-state index contributed by atoms with van der Waals surface area (Å²) < 4.78 is 0. The molecule has 0 saturated carbocycles. The fourth-order valence-corrected chi connectivity index (χ4v) is 4.21. The quantitative estimate of drug-likeness (QED) is 0.886. The number of carbonyl (C=O) groups excluding carboxylic acids is 2. The normalized spacial score (nSPS) is 16.3. The van der Waals surface area contributed by atoms with E-state index in [1.807, 2.05) is 0 Å². The highest BCUT2D eigenvalue weighted by Crippen LogP contribution is 2.33. The van der Waals surface area contributed by atoms with Gasteiger partial charge in [-0.1, -0.05) is 13.3 Å². The zero-order chi connectivity index (χ0) is 17.1. The highest BCUT2D eigenvalue weighted by Gasteiger charge is 2.22. The number of hydrogen-bond donors (Lipinski definition) is 2. The summed E-state index contributed by atoms with van der Waals surface area (Å²) in [6, 6.07) is 8.97. The molecule has 0 spiro atoms. The van der Waals surface area contributed by atoms with Gasteiger partial charge in [0.25, 0.3) is 11.8 Å². The number of amides is 2. The third-order valence-electron chi connectivity index (χ3n) is 4.62. The third-order valence-corrected chi connectivity index (χ3v) is 5.85. The van der Waals surface area contributed by atoms with Crippen LogP contribution in [0, 0.1) is 5.92 Å². The summed E-state index contributed by atoms with van der Waals surface area (Å²) in [7, 11) is 1.60. The smallest absolute Gasteiger partial charge is 0.265 e. The molecule has 2 amide bonds. The van der Waals surface area contributed by atoms with Crippen molar-refractivity contribution < 1.29 is 9.59 Å². The van der Waals surface area contributed by atoms with Gasteiger partial charge in [0.15, 0.2) is 0 Å². The van der Waals surface area contributed by atoms with Crippen molar-refractivity contribution in [3.05, 3.63) is 51.2 Å². The van der Waals surface area contributed by atoms with Crippen molar-refractivity contribution in [3.63, 3.8) is 0 Å². The first-order valence-electron chi connectivity index (χ1n) is 8.35. The van der Waals surface area contributed by atoms with Crippen molar-refractivity contribution in [3.8, 4) is 0 Å². The van der Waals surface area contributed by atoms with E-state index in [9.17, 15) is 9.59 Å². The minimum Gasteiger partial charge on any atom is -0.355 e. The molecule has 1 heterocycles. The summed E-state index contributed by atoms with van der Waals surface area (Å²) in [5.74, 6) is 0.541. The number of rotatable bonds is 4. The van der Waals surface area contributed by atoms with Crippen LogP contribution < -0.4 is 10.6 Å². The highest BCUT2D eigenvalue weighted by atomic mass is 32.1. The molecule has 1 aliphatic rings. The van der Waals surface area contributed by atoms with Gasteiger partial charge >= 0.3 is 0 Å². The summed E-state index contributed by atoms with van der Waals surface area (Å²) in [6.07, 6.45) is 4.61. The monoisotopic (exact) mass is 342 g/mol. The van der Waals surface area contributed by atoms with Crippen LogP contribution in [-0.2, 0) is 12.8 Å². The van der Waals surface area contributed by atoms with Crippen LogP contribution in [0.4, 0.5) is 5.69 Å². The Morgan fingerprint density at radius 2 is 1.96 bits per heavy atom. The van der Waals surface area contributed by atoms with Crippen LogP contribution in [0.3, 0.4) is 0 Å². The zero-order valence-electron chi connectivity index (χ0n) is 14.0. The molecule has 2 N–H and O–H groups in total. The lowest BCUT2D eigenvalue weighted by atomic mass is 9.87. The number of carbonyl (C=O) groups is 2. The van der Waals surface area contributed by atoms with Gasteiger partial charge in [-0.15, -0.1) is 11.3 Å². The van der Waals surface area contributed by atoms with E-state index in [4.69, 9.17) is 0 Å². The summed E-state index contributed by atoms with van der Waals surface area (Å²) in [5, 5.41) is 5.50. The third kappa shape index (κ3) is 3.51. The molecule has 1 aliphatic carbocycles. The van der Waals surface area contributed by atoms with Gasteiger partial charge in [0.05, 0.1) is 4.88 Å². The molecule has 0 bridgehead atoms. The van der Waals surface area contributed by atoms with Crippen molar-refractivity contribution in [1.29, 1.82) is 0 Å². The average Bonchev–Trinajstić information content (AvgIpc) is 3.05. The number of nitrogens with one attached hydrogen (secondary N) is 2. The van der Waals surface area contributed by atoms with E-state index in [2.05, 4.69) is 23.6 Å². The van der Waals surface area contributed by atoms with Gasteiger partial charge in [0.1, 0.15) is 0 Å². The standard InChI is InChI=1S/C19H22N2O2S/c1-3-12-4-9-16-14(10-12)11-17(24-16)19(23)21-15-7-5-13(6-8-15)18(22)20-2/h5-8,11-12H,3-4,9-10H2,1-2H3,(H,20,22)(H,21,23)/t12-/m0/s1. The molecule has 4 nitrogen and oxygen atoms in total. The molecule has 0 radical (unpaired) electrons. The minimum atomic E-state index is -0.135. The molecule has 3 rings (SSSR count). The van der Waals surface area contributed by atoms with Gasteiger partial charge in [-0.05, 0) is 61.1 Å². The molecule has 1 aromatic heterocycles. The average molecular weight is 342 g/mol. The molecule has 2 aromatic rings. The summed E-state index contributed by atoms with van der Waals surface area (Å²) >= 11 is 1.61. The molecule has 5 heteroatoms. The van der Waals surface area contributed by atoms with E-state index in [-0.39, 0.29) is 11.8 Å². The van der Waals surface area contributed by atoms with Gasteiger partial charge < -0.3 is 10.6 Å². The topological polar surface area (TPSA) is 58.2 Å². The van der Waals surface area contributed by atoms with Crippen molar-refractivity contribution in [2.24, 2.45) is 5.92 Å². The summed E-state index contributed by atoms with van der Waals surface area (Å²) in [4.78, 5) is 26.1. The predicted molar refractivity (Wildman–Crippen MR) is 97.9 cm³/mol. The Morgan fingerprint density at radius 1 is 1.21 bits per heavy atom. The maximum absolute atomic E-state index is 12.5. The van der Waals surface area contributed by atoms with Crippen molar-refractivity contribution in [2.45, 2.75) is 32.6 Å². The lowest BCUT2D eigenvalue weighted by molar-refractivity contribution is 0.0962. The first-order chi connectivity index (χ1) is 11.6. The Bertz CT molecular complexity index is 749. The van der Waals surface area contributed by atoms with Crippen LogP contribution in [0.15, 0.2) is 30.3 Å². The van der Waals surface area contributed by atoms with Crippen LogP contribution in [0.1, 0.15) is 50.2 Å². The highest BCUT2D eigenvalue weighted by molar-refractivity contribution is 7.14. The second kappa shape index (κ2) is 7.18. The fourth-order valence-electron chi connectivity index (χ4n) is 3.10. The van der Waals surface area contributed by atoms with E-state index < -0.39 is 0 Å². The van der Waals surface area contributed by atoms with Crippen LogP contribution >= 0.6 is 11.3 Å². The lowest BCUT2D eigenvalue weighted by Crippen LogP contribution is -2.17. The minimum absolute atomic E-state index is 0.0739. The second-order valence-corrected chi connectivity index (χ2v) is 7.32. The van der Waals surface area contributed by atoms with Crippen molar-refractivity contribution in [2.75, 3.05) is 12.4 Å². The molecule has 1 aromatic carbocycles. The van der Waals surface area contributed by atoms with Crippen LogP contribution in [0.2, 0.25) is 0 Å². The maximum Gasteiger partial charge on any atom is 0.265 e. The second-order valence-electron chi connectivity index (χ2n) is 6.19. The molecule has 0 aliphatic heterocycles. The molecular formula is C19H22N2O2S. The zero-order valence-corrected chi connectivity index (χ0v) is 14.8. The van der Waals surface area contributed by atoms with Gasteiger partial charge in [-0.3, -0.25) is 9.59 Å². The molecule has 0 unspecified atom stereocenters. The Morgan fingerprint density at radius 3 is 2.62 bits per heavy atom. The van der Waals surface area contributed by atoms with E-state index in [1.54, 1.807) is 42.6 Å². The van der Waals surface area contributed by atoms with E-state index in [0.29, 0.717) is 11.3 Å². The Balaban J connectivity index is 1.69. The van der Waals surface area contributed by atoms with E-state index in [0.717, 1.165) is 23.6 Å². The summed E-state index contributed by atoms with van der Waals surface area (Å²) in [6.45, 7) is 2.23. The molecule has 0 fully saturated rings. The largest absolute Gasteiger partial charge is 0.355 e. The number of hydrogen-bond acceptors (Lipinski definition) is 3. The van der Waals surface area contributed by atoms with Crippen LogP contribution in [0.25, 0.3) is 0 Å². The predicted octanol–water partition coefficient (Wildman–Crippen LogP) is 3.87. The first kappa shape index (κ1) is 16.7.